The molecule has 0 aliphatic heterocycles. The number of benzene rings is 4. The van der Waals surface area contributed by atoms with Crippen molar-refractivity contribution in [2.75, 3.05) is 5.32 Å². The van der Waals surface area contributed by atoms with Crippen molar-refractivity contribution >= 4 is 64.3 Å². The quantitative estimate of drug-likeness (QED) is 0.0930. The molecule has 4 aromatic rings. The average molecular weight is 586 g/mol. The first-order valence-electron chi connectivity index (χ1n) is 12.1. The topological polar surface area (TPSA) is 118 Å². The molecular weight excluding hydrogens is 565 g/mol. The van der Waals surface area contributed by atoms with Crippen LogP contribution in [0.25, 0.3) is 12.2 Å². The summed E-state index contributed by atoms with van der Waals surface area (Å²) in [5, 5.41) is 17.2. The number of nitrogens with one attached hydrogen (secondary N) is 2. The summed E-state index contributed by atoms with van der Waals surface area (Å²) in [7, 11) is 0. The Labute approximate surface area is 245 Å². The number of nitro groups is 1. The fourth-order valence-electron chi connectivity index (χ4n) is 3.62. The van der Waals surface area contributed by atoms with Crippen LogP contribution in [0.15, 0.2) is 109 Å². The summed E-state index contributed by atoms with van der Waals surface area (Å²) in [6.45, 7) is 0. The van der Waals surface area contributed by atoms with E-state index in [2.05, 4.69) is 10.6 Å². The molecule has 0 heterocycles. The smallest absolute Gasteiger partial charge is 0.272 e. The van der Waals surface area contributed by atoms with Crippen LogP contribution in [0.4, 0.5) is 11.4 Å². The van der Waals surface area contributed by atoms with Gasteiger partial charge in [-0.1, -0.05) is 47.5 Å². The second-order valence-electron chi connectivity index (χ2n) is 8.62. The van der Waals surface area contributed by atoms with E-state index in [0.29, 0.717) is 38.0 Å². The first-order chi connectivity index (χ1) is 19.7. The van der Waals surface area contributed by atoms with E-state index in [0.717, 1.165) is 0 Å². The third-order valence-electron chi connectivity index (χ3n) is 5.75. The Morgan fingerprint density at radius 2 is 1.49 bits per heavy atom. The summed E-state index contributed by atoms with van der Waals surface area (Å²) >= 11 is 12.0. The number of halogens is 2. The standard InChI is InChI=1S/C31H21Cl2N3O5/c32-24-12-8-21(27(33)19-24)11-17-29(37)22-9-13-25(14-10-22)34-31(39)28(35-30(38)23-4-2-1-3-5-23)18-20-6-15-26(16-7-20)36(40)41/h1-19H,(H,34,39)(H,35,38)/b17-11+,28-18-. The van der Waals surface area contributed by atoms with Crippen molar-refractivity contribution in [1.82, 2.24) is 5.32 Å². The van der Waals surface area contributed by atoms with Crippen LogP contribution in [0.5, 0.6) is 0 Å². The van der Waals surface area contributed by atoms with Crippen LogP contribution in [0.3, 0.4) is 0 Å². The number of allylic oxidation sites excluding steroid dienone is 1. The Morgan fingerprint density at radius 1 is 0.805 bits per heavy atom. The van der Waals surface area contributed by atoms with Crippen LogP contribution in [-0.4, -0.2) is 22.5 Å². The fourth-order valence-corrected chi connectivity index (χ4v) is 4.09. The number of non-ortho nitro benzene ring substituents is 1. The van der Waals surface area contributed by atoms with Crippen LogP contribution >= 0.6 is 23.2 Å². The van der Waals surface area contributed by atoms with E-state index >= 15 is 0 Å². The van der Waals surface area contributed by atoms with Crippen LogP contribution in [0.2, 0.25) is 10.0 Å². The molecule has 0 saturated heterocycles. The van der Waals surface area contributed by atoms with E-state index in [1.807, 2.05) is 0 Å². The maximum atomic E-state index is 13.2. The summed E-state index contributed by atoms with van der Waals surface area (Å²) in [6, 6.07) is 25.0. The Hall–Kier alpha value is -5.05. The van der Waals surface area contributed by atoms with Gasteiger partial charge in [0, 0.05) is 39.0 Å². The first-order valence-corrected chi connectivity index (χ1v) is 12.9. The number of carbonyl (C=O) groups excluding carboxylic acids is 3. The van der Waals surface area contributed by atoms with Crippen molar-refractivity contribution in [3.05, 3.63) is 151 Å². The van der Waals surface area contributed by atoms with E-state index in [1.54, 1.807) is 78.9 Å². The van der Waals surface area contributed by atoms with Gasteiger partial charge in [0.1, 0.15) is 5.70 Å². The third-order valence-corrected chi connectivity index (χ3v) is 6.31. The van der Waals surface area contributed by atoms with Crippen LogP contribution < -0.4 is 10.6 Å². The van der Waals surface area contributed by atoms with Gasteiger partial charge in [-0.05, 0) is 90.0 Å². The molecule has 0 saturated carbocycles. The molecule has 2 N–H and O–H groups in total. The Kier molecular flexibility index (Phi) is 9.42. The molecule has 0 bridgehead atoms. The van der Waals surface area contributed by atoms with Gasteiger partial charge in [0.25, 0.3) is 17.5 Å². The van der Waals surface area contributed by atoms with Gasteiger partial charge in [0.05, 0.1) is 4.92 Å². The van der Waals surface area contributed by atoms with Gasteiger partial charge >= 0.3 is 0 Å². The minimum Gasteiger partial charge on any atom is -0.321 e. The molecule has 0 spiro atoms. The molecule has 0 fully saturated rings. The minimum atomic E-state index is -0.635. The third kappa shape index (κ3) is 7.98. The van der Waals surface area contributed by atoms with Crippen molar-refractivity contribution in [2.24, 2.45) is 0 Å². The summed E-state index contributed by atoms with van der Waals surface area (Å²) in [5.41, 5.74) is 1.99. The molecule has 2 amide bonds. The number of amides is 2. The van der Waals surface area contributed by atoms with E-state index in [9.17, 15) is 24.5 Å². The zero-order chi connectivity index (χ0) is 29.4. The zero-order valence-electron chi connectivity index (χ0n) is 21.2. The van der Waals surface area contributed by atoms with Crippen LogP contribution in [0.1, 0.15) is 31.8 Å². The molecule has 41 heavy (non-hydrogen) atoms. The van der Waals surface area contributed by atoms with E-state index < -0.39 is 16.7 Å². The van der Waals surface area contributed by atoms with Gasteiger partial charge < -0.3 is 10.6 Å². The van der Waals surface area contributed by atoms with Crippen molar-refractivity contribution in [1.29, 1.82) is 0 Å². The van der Waals surface area contributed by atoms with E-state index in [4.69, 9.17) is 23.2 Å². The van der Waals surface area contributed by atoms with E-state index in [1.165, 1.54) is 36.4 Å². The summed E-state index contributed by atoms with van der Waals surface area (Å²) in [6.07, 6.45) is 4.37. The zero-order valence-corrected chi connectivity index (χ0v) is 22.7. The van der Waals surface area contributed by atoms with Crippen LogP contribution in [0, 0.1) is 10.1 Å². The van der Waals surface area contributed by atoms with Crippen molar-refractivity contribution in [2.45, 2.75) is 0 Å². The lowest BCUT2D eigenvalue weighted by Crippen LogP contribution is -2.30. The Morgan fingerprint density at radius 3 is 2.12 bits per heavy atom. The average Bonchev–Trinajstić information content (AvgIpc) is 2.97. The lowest BCUT2D eigenvalue weighted by molar-refractivity contribution is -0.384. The van der Waals surface area contributed by atoms with Gasteiger partial charge in [-0.15, -0.1) is 0 Å². The van der Waals surface area contributed by atoms with Gasteiger partial charge in [0.15, 0.2) is 5.78 Å². The highest BCUT2D eigenvalue weighted by Gasteiger charge is 2.16. The fraction of sp³-hybridized carbons (Fsp3) is 0. The molecule has 4 rings (SSSR count). The maximum absolute atomic E-state index is 13.2. The molecule has 0 aromatic heterocycles. The van der Waals surface area contributed by atoms with Crippen molar-refractivity contribution in [3.8, 4) is 0 Å². The lowest BCUT2D eigenvalue weighted by atomic mass is 10.1. The van der Waals surface area contributed by atoms with Crippen molar-refractivity contribution in [3.63, 3.8) is 0 Å². The number of rotatable bonds is 9. The molecule has 204 valence electrons. The minimum absolute atomic E-state index is 0.0874. The second kappa shape index (κ2) is 13.3. The molecule has 0 unspecified atom stereocenters. The molecule has 10 heteroatoms. The normalized spacial score (nSPS) is 11.2. The molecule has 0 aliphatic carbocycles. The van der Waals surface area contributed by atoms with E-state index in [-0.39, 0.29) is 17.2 Å². The number of nitrogens with zero attached hydrogens (tertiary/aromatic N) is 1. The molecule has 0 atom stereocenters. The Bertz CT molecular complexity index is 1670. The number of hydrogen-bond acceptors (Lipinski definition) is 5. The van der Waals surface area contributed by atoms with Gasteiger partial charge in [-0.3, -0.25) is 24.5 Å². The number of ketones is 1. The molecule has 0 radical (unpaired) electrons. The number of carbonyl (C=O) groups is 3. The highest BCUT2D eigenvalue weighted by atomic mass is 35.5. The van der Waals surface area contributed by atoms with Gasteiger partial charge in [-0.2, -0.15) is 0 Å². The van der Waals surface area contributed by atoms with Crippen LogP contribution in [-0.2, 0) is 4.79 Å². The molecule has 4 aromatic carbocycles. The highest BCUT2D eigenvalue weighted by Crippen LogP contribution is 2.22. The number of anilines is 1. The lowest BCUT2D eigenvalue weighted by Gasteiger charge is -2.12. The number of hydrogen-bond donors (Lipinski definition) is 2. The van der Waals surface area contributed by atoms with Gasteiger partial charge in [0.2, 0.25) is 0 Å². The SMILES string of the molecule is O=C(Nc1ccc(C(=O)/C=C/c2ccc(Cl)cc2Cl)cc1)/C(=C/c1ccc([N+](=O)[O-])cc1)NC(=O)c1ccccc1. The first kappa shape index (κ1) is 28.9. The predicted molar refractivity (Wildman–Crippen MR) is 160 cm³/mol. The predicted octanol–water partition coefficient (Wildman–Crippen LogP) is 7.21. The summed E-state index contributed by atoms with van der Waals surface area (Å²) in [4.78, 5) is 49.0. The highest BCUT2D eigenvalue weighted by molar-refractivity contribution is 6.35. The summed E-state index contributed by atoms with van der Waals surface area (Å²) < 4.78 is 0. The van der Waals surface area contributed by atoms with Crippen molar-refractivity contribution < 1.29 is 19.3 Å². The maximum Gasteiger partial charge on any atom is 0.272 e. The molecular formula is C31H21Cl2N3O5. The number of nitro benzene ring substituents is 1. The van der Waals surface area contributed by atoms with Gasteiger partial charge in [-0.25, -0.2) is 0 Å². The molecule has 0 aliphatic rings. The molecule has 8 nitrogen and oxygen atoms in total. The summed E-state index contributed by atoms with van der Waals surface area (Å²) in [5.74, 6) is -1.42. The Balaban J connectivity index is 1.51. The largest absolute Gasteiger partial charge is 0.321 e. The monoisotopic (exact) mass is 585 g/mol. The second-order valence-corrected chi connectivity index (χ2v) is 9.47.